The topological polar surface area (TPSA) is 49.9 Å². The van der Waals surface area contributed by atoms with Crippen molar-refractivity contribution in [1.82, 2.24) is 9.21 Å². The minimum Gasteiger partial charge on any atom is -0.383 e. The lowest BCUT2D eigenvalue weighted by Crippen LogP contribution is -2.36. The molecule has 2 aliphatic rings. The van der Waals surface area contributed by atoms with E-state index in [4.69, 9.17) is 4.74 Å². The summed E-state index contributed by atoms with van der Waals surface area (Å²) in [6, 6.07) is 16.9. The number of hydrogen-bond acceptors (Lipinski definition) is 4. The predicted molar refractivity (Wildman–Crippen MR) is 110 cm³/mol. The number of rotatable bonds is 6. The van der Waals surface area contributed by atoms with Gasteiger partial charge in [0.2, 0.25) is 10.0 Å². The first kappa shape index (κ1) is 19.6. The highest BCUT2D eigenvalue weighted by Crippen LogP contribution is 2.47. The standard InChI is InChI=1S/C22H28N2O3S/c1-17-8-6-7-11-20(17)22-21-16-23(12-13-27-2)14-18(21)15-24(22)28(25,26)19-9-4-3-5-10-19/h3-11,18,21-22H,12-16H2,1-2H3/t18-,21-,22+/m0/s1. The smallest absolute Gasteiger partial charge is 0.243 e. The molecule has 0 aromatic heterocycles. The Bertz CT molecular complexity index is 916. The number of methoxy groups -OCH3 is 1. The fraction of sp³-hybridized carbons (Fsp3) is 0.455. The van der Waals surface area contributed by atoms with Gasteiger partial charge in [-0.1, -0.05) is 42.5 Å². The van der Waals surface area contributed by atoms with Crippen LogP contribution in [-0.2, 0) is 14.8 Å². The maximum atomic E-state index is 13.5. The molecule has 0 aliphatic carbocycles. The summed E-state index contributed by atoms with van der Waals surface area (Å²) in [5.74, 6) is 0.649. The third-order valence-electron chi connectivity index (χ3n) is 6.17. The SMILES string of the molecule is COCCN1C[C@H]2CN(S(=O)(=O)c3ccccc3)[C@H](c3ccccc3C)[C@H]2C1. The van der Waals surface area contributed by atoms with E-state index in [1.807, 2.05) is 18.2 Å². The molecule has 2 heterocycles. The Hall–Kier alpha value is -1.73. The van der Waals surface area contributed by atoms with Crippen LogP contribution in [0.1, 0.15) is 17.2 Å². The van der Waals surface area contributed by atoms with Crippen molar-refractivity contribution in [3.05, 3.63) is 65.7 Å². The Morgan fingerprint density at radius 1 is 1.00 bits per heavy atom. The van der Waals surface area contributed by atoms with Crippen molar-refractivity contribution in [2.75, 3.05) is 39.9 Å². The molecule has 0 saturated carbocycles. The molecule has 2 aromatic rings. The number of benzene rings is 2. The van der Waals surface area contributed by atoms with Crippen molar-refractivity contribution in [2.45, 2.75) is 17.9 Å². The summed E-state index contributed by atoms with van der Waals surface area (Å²) in [7, 11) is -1.82. The Kier molecular flexibility index (Phi) is 5.56. The van der Waals surface area contributed by atoms with Gasteiger partial charge in [-0.3, -0.25) is 0 Å². The van der Waals surface area contributed by atoms with Gasteiger partial charge in [0.15, 0.2) is 0 Å². The van der Waals surface area contributed by atoms with Gasteiger partial charge in [0.25, 0.3) is 0 Å². The third-order valence-corrected chi connectivity index (χ3v) is 8.03. The molecule has 0 amide bonds. The Morgan fingerprint density at radius 2 is 1.71 bits per heavy atom. The molecule has 2 aromatic carbocycles. The lowest BCUT2D eigenvalue weighted by molar-refractivity contribution is 0.152. The molecular weight excluding hydrogens is 372 g/mol. The van der Waals surface area contributed by atoms with Crippen molar-refractivity contribution in [3.8, 4) is 0 Å². The number of hydrogen-bond donors (Lipinski definition) is 0. The number of nitrogens with zero attached hydrogens (tertiary/aromatic N) is 2. The second-order valence-electron chi connectivity index (χ2n) is 7.87. The largest absolute Gasteiger partial charge is 0.383 e. The Morgan fingerprint density at radius 3 is 2.43 bits per heavy atom. The van der Waals surface area contributed by atoms with E-state index < -0.39 is 10.0 Å². The first-order chi connectivity index (χ1) is 13.5. The van der Waals surface area contributed by atoms with Crippen LogP contribution in [0.5, 0.6) is 0 Å². The van der Waals surface area contributed by atoms with E-state index in [9.17, 15) is 8.42 Å². The predicted octanol–water partition coefficient (Wildman–Crippen LogP) is 2.94. The second kappa shape index (κ2) is 7.95. The van der Waals surface area contributed by atoms with Gasteiger partial charge in [-0.15, -0.1) is 0 Å². The minimum absolute atomic E-state index is 0.121. The summed E-state index contributed by atoms with van der Waals surface area (Å²) in [5, 5.41) is 0. The lowest BCUT2D eigenvalue weighted by Gasteiger charge is -2.30. The number of sulfonamides is 1. The zero-order valence-corrected chi connectivity index (χ0v) is 17.3. The molecule has 0 radical (unpaired) electrons. The molecule has 6 heteroatoms. The van der Waals surface area contributed by atoms with Crippen LogP contribution in [0.25, 0.3) is 0 Å². The maximum Gasteiger partial charge on any atom is 0.243 e. The van der Waals surface area contributed by atoms with E-state index in [1.165, 1.54) is 0 Å². The van der Waals surface area contributed by atoms with Crippen molar-refractivity contribution >= 4 is 10.0 Å². The monoisotopic (exact) mass is 400 g/mol. The summed E-state index contributed by atoms with van der Waals surface area (Å²) in [6.45, 7) is 6.10. The molecule has 0 bridgehead atoms. The third kappa shape index (κ3) is 3.50. The number of fused-ring (bicyclic) bond motifs is 1. The van der Waals surface area contributed by atoms with Gasteiger partial charge in [-0.05, 0) is 42.0 Å². The molecule has 2 saturated heterocycles. The number of ether oxygens (including phenoxy) is 1. The van der Waals surface area contributed by atoms with Gasteiger partial charge >= 0.3 is 0 Å². The Balaban J connectivity index is 1.71. The molecule has 28 heavy (non-hydrogen) atoms. The number of aryl methyl sites for hydroxylation is 1. The fourth-order valence-corrected chi connectivity index (χ4v) is 6.51. The Labute approximate surface area is 168 Å². The van der Waals surface area contributed by atoms with Crippen LogP contribution in [0.2, 0.25) is 0 Å². The van der Waals surface area contributed by atoms with Gasteiger partial charge in [0.05, 0.1) is 17.5 Å². The van der Waals surface area contributed by atoms with Crippen molar-refractivity contribution < 1.29 is 13.2 Å². The van der Waals surface area contributed by atoms with Crippen LogP contribution >= 0.6 is 0 Å². The molecular formula is C22H28N2O3S. The summed E-state index contributed by atoms with van der Waals surface area (Å²) >= 11 is 0. The fourth-order valence-electron chi connectivity index (χ4n) is 4.78. The molecule has 0 unspecified atom stereocenters. The van der Waals surface area contributed by atoms with Crippen LogP contribution in [0.3, 0.4) is 0 Å². The van der Waals surface area contributed by atoms with E-state index in [-0.39, 0.29) is 6.04 Å². The normalized spacial score (nSPS) is 25.9. The highest BCUT2D eigenvalue weighted by atomic mass is 32.2. The maximum absolute atomic E-state index is 13.5. The molecule has 3 atom stereocenters. The molecule has 150 valence electrons. The first-order valence-electron chi connectivity index (χ1n) is 9.86. The van der Waals surface area contributed by atoms with Gasteiger partial charge in [-0.25, -0.2) is 8.42 Å². The molecule has 2 aliphatic heterocycles. The van der Waals surface area contributed by atoms with Gasteiger partial charge in [-0.2, -0.15) is 4.31 Å². The van der Waals surface area contributed by atoms with Crippen LogP contribution in [0.15, 0.2) is 59.5 Å². The average molecular weight is 401 g/mol. The van der Waals surface area contributed by atoms with Crippen molar-refractivity contribution in [2.24, 2.45) is 11.8 Å². The zero-order chi connectivity index (χ0) is 19.7. The molecule has 2 fully saturated rings. The van der Waals surface area contributed by atoms with Gasteiger partial charge in [0, 0.05) is 33.3 Å². The van der Waals surface area contributed by atoms with Crippen LogP contribution in [-0.4, -0.2) is 57.5 Å². The van der Waals surface area contributed by atoms with Crippen LogP contribution in [0, 0.1) is 18.8 Å². The van der Waals surface area contributed by atoms with E-state index in [2.05, 4.69) is 24.0 Å². The summed E-state index contributed by atoms with van der Waals surface area (Å²) in [5.41, 5.74) is 2.28. The highest BCUT2D eigenvalue weighted by Gasteiger charge is 2.51. The first-order valence-corrected chi connectivity index (χ1v) is 11.3. The average Bonchev–Trinajstić information content (AvgIpc) is 3.25. The van der Waals surface area contributed by atoms with E-state index in [0.29, 0.717) is 29.9 Å². The van der Waals surface area contributed by atoms with Crippen LogP contribution < -0.4 is 0 Å². The summed E-state index contributed by atoms with van der Waals surface area (Å²) in [4.78, 5) is 2.79. The van der Waals surface area contributed by atoms with E-state index >= 15 is 0 Å². The molecule has 5 nitrogen and oxygen atoms in total. The second-order valence-corrected chi connectivity index (χ2v) is 9.76. The van der Waals surface area contributed by atoms with Crippen molar-refractivity contribution in [3.63, 3.8) is 0 Å². The quantitative estimate of drug-likeness (QED) is 0.748. The minimum atomic E-state index is -3.54. The highest BCUT2D eigenvalue weighted by molar-refractivity contribution is 7.89. The summed E-state index contributed by atoms with van der Waals surface area (Å²) in [6.07, 6.45) is 0. The van der Waals surface area contributed by atoms with Crippen molar-refractivity contribution in [1.29, 1.82) is 0 Å². The lowest BCUT2D eigenvalue weighted by atomic mass is 9.88. The molecule has 0 spiro atoms. The summed E-state index contributed by atoms with van der Waals surface area (Å²) < 4.78 is 34.0. The zero-order valence-electron chi connectivity index (χ0n) is 16.5. The van der Waals surface area contributed by atoms with Crippen LogP contribution in [0.4, 0.5) is 0 Å². The molecule has 0 N–H and O–H groups in total. The van der Waals surface area contributed by atoms with Gasteiger partial charge < -0.3 is 9.64 Å². The van der Waals surface area contributed by atoms with E-state index in [1.54, 1.807) is 35.7 Å². The number of likely N-dealkylation sites (tertiary alicyclic amines) is 1. The van der Waals surface area contributed by atoms with E-state index in [0.717, 1.165) is 30.8 Å². The molecule has 4 rings (SSSR count). The van der Waals surface area contributed by atoms with Gasteiger partial charge in [0.1, 0.15) is 0 Å².